The SMILES string of the molecule is CCn1c(CN2CCn3c(nnc3C3CC3)C2)nc2c(F)cccc21. The first kappa shape index (κ1) is 15.0. The Labute approximate surface area is 145 Å². The van der Waals surface area contributed by atoms with Gasteiger partial charge in [0, 0.05) is 25.6 Å². The Morgan fingerprint density at radius 2 is 2.08 bits per heavy atom. The first-order valence-corrected chi connectivity index (χ1v) is 9.02. The van der Waals surface area contributed by atoms with Crippen LogP contribution in [0.5, 0.6) is 0 Å². The summed E-state index contributed by atoms with van der Waals surface area (Å²) in [6, 6.07) is 5.16. The van der Waals surface area contributed by atoms with Gasteiger partial charge in [-0.3, -0.25) is 4.90 Å². The van der Waals surface area contributed by atoms with Crippen molar-refractivity contribution in [1.29, 1.82) is 0 Å². The molecule has 6 nitrogen and oxygen atoms in total. The van der Waals surface area contributed by atoms with Gasteiger partial charge in [0.1, 0.15) is 23.0 Å². The highest BCUT2D eigenvalue weighted by atomic mass is 19.1. The fourth-order valence-electron chi connectivity index (χ4n) is 3.84. The van der Waals surface area contributed by atoms with E-state index in [1.165, 1.54) is 18.9 Å². The van der Waals surface area contributed by atoms with Gasteiger partial charge in [-0.25, -0.2) is 9.37 Å². The largest absolute Gasteiger partial charge is 0.327 e. The zero-order valence-corrected chi connectivity index (χ0v) is 14.3. The second-order valence-corrected chi connectivity index (χ2v) is 6.99. The van der Waals surface area contributed by atoms with Crippen molar-refractivity contribution in [3.63, 3.8) is 0 Å². The third-order valence-corrected chi connectivity index (χ3v) is 5.29. The molecule has 0 radical (unpaired) electrons. The monoisotopic (exact) mass is 340 g/mol. The highest BCUT2D eigenvalue weighted by molar-refractivity contribution is 5.76. The highest BCUT2D eigenvalue weighted by Gasteiger charge is 2.32. The van der Waals surface area contributed by atoms with Crippen LogP contribution in [0, 0.1) is 5.82 Å². The van der Waals surface area contributed by atoms with Gasteiger partial charge in [-0.1, -0.05) is 6.07 Å². The van der Waals surface area contributed by atoms with Crippen LogP contribution in [0.25, 0.3) is 11.0 Å². The molecule has 1 aliphatic heterocycles. The lowest BCUT2D eigenvalue weighted by Crippen LogP contribution is -2.34. The molecule has 1 saturated carbocycles. The van der Waals surface area contributed by atoms with Crippen molar-refractivity contribution in [2.24, 2.45) is 0 Å². The average molecular weight is 340 g/mol. The van der Waals surface area contributed by atoms with Crippen LogP contribution in [0.15, 0.2) is 18.2 Å². The van der Waals surface area contributed by atoms with Crippen LogP contribution >= 0.6 is 0 Å². The van der Waals surface area contributed by atoms with Gasteiger partial charge in [-0.2, -0.15) is 0 Å². The Hall–Kier alpha value is -2.28. The standard InChI is InChI=1S/C18H21FN6/c1-2-24-14-5-3-4-13(19)17(14)20-15(24)10-23-8-9-25-16(11-23)21-22-18(25)12-6-7-12/h3-5,12H,2,6-11H2,1H3. The van der Waals surface area contributed by atoms with E-state index in [0.29, 0.717) is 18.0 Å². The summed E-state index contributed by atoms with van der Waals surface area (Å²) >= 11 is 0. The molecule has 5 rings (SSSR count). The number of para-hydroxylation sites is 1. The van der Waals surface area contributed by atoms with Crippen LogP contribution in [-0.4, -0.2) is 35.8 Å². The van der Waals surface area contributed by atoms with Gasteiger partial charge in [0.15, 0.2) is 5.82 Å². The second-order valence-electron chi connectivity index (χ2n) is 6.99. The normalized spacial score (nSPS) is 18.0. The summed E-state index contributed by atoms with van der Waals surface area (Å²) in [4.78, 5) is 6.91. The Kier molecular flexibility index (Phi) is 3.38. The van der Waals surface area contributed by atoms with Crippen molar-refractivity contribution in [2.75, 3.05) is 6.54 Å². The minimum atomic E-state index is -0.251. The van der Waals surface area contributed by atoms with E-state index in [4.69, 9.17) is 0 Å². The molecule has 0 saturated heterocycles. The molecule has 1 fully saturated rings. The summed E-state index contributed by atoms with van der Waals surface area (Å²) in [6.07, 6.45) is 2.49. The number of nitrogens with zero attached hydrogens (tertiary/aromatic N) is 6. The van der Waals surface area contributed by atoms with Gasteiger partial charge in [-0.05, 0) is 31.9 Å². The zero-order valence-electron chi connectivity index (χ0n) is 14.3. The molecule has 130 valence electrons. The summed E-state index contributed by atoms with van der Waals surface area (Å²) in [7, 11) is 0. The number of hydrogen-bond donors (Lipinski definition) is 0. The highest BCUT2D eigenvalue weighted by Crippen LogP contribution is 2.39. The first-order chi connectivity index (χ1) is 12.2. The van der Waals surface area contributed by atoms with Gasteiger partial charge in [0.2, 0.25) is 0 Å². The van der Waals surface area contributed by atoms with Crippen LogP contribution in [-0.2, 0) is 26.2 Å². The summed E-state index contributed by atoms with van der Waals surface area (Å²) < 4.78 is 18.5. The molecule has 3 heterocycles. The van der Waals surface area contributed by atoms with E-state index in [0.717, 1.165) is 49.2 Å². The lowest BCUT2D eigenvalue weighted by atomic mass is 10.3. The van der Waals surface area contributed by atoms with Gasteiger partial charge in [-0.15, -0.1) is 10.2 Å². The molecule has 1 aromatic carbocycles. The van der Waals surface area contributed by atoms with E-state index >= 15 is 0 Å². The number of rotatable bonds is 4. The smallest absolute Gasteiger partial charge is 0.151 e. The van der Waals surface area contributed by atoms with Crippen LogP contribution in [0.2, 0.25) is 0 Å². The summed E-state index contributed by atoms with van der Waals surface area (Å²) in [5.74, 6) is 3.49. The molecule has 7 heteroatoms. The quantitative estimate of drug-likeness (QED) is 0.733. The number of hydrogen-bond acceptors (Lipinski definition) is 4. The number of halogens is 1. The molecule has 0 atom stereocenters. The second kappa shape index (κ2) is 5.62. The molecule has 25 heavy (non-hydrogen) atoms. The molecule has 0 spiro atoms. The van der Waals surface area contributed by atoms with Crippen LogP contribution < -0.4 is 0 Å². The van der Waals surface area contributed by atoms with Gasteiger partial charge >= 0.3 is 0 Å². The van der Waals surface area contributed by atoms with E-state index < -0.39 is 0 Å². The minimum Gasteiger partial charge on any atom is -0.327 e. The summed E-state index contributed by atoms with van der Waals surface area (Å²) in [5.41, 5.74) is 1.34. The third kappa shape index (κ3) is 2.45. The molecule has 2 aliphatic rings. The van der Waals surface area contributed by atoms with Crippen molar-refractivity contribution < 1.29 is 4.39 Å². The lowest BCUT2D eigenvalue weighted by molar-refractivity contribution is 0.200. The topological polar surface area (TPSA) is 51.8 Å². The van der Waals surface area contributed by atoms with Gasteiger partial charge in [0.05, 0.1) is 18.6 Å². The summed E-state index contributed by atoms with van der Waals surface area (Å²) in [5, 5.41) is 8.79. The van der Waals surface area contributed by atoms with Gasteiger partial charge < -0.3 is 9.13 Å². The van der Waals surface area contributed by atoms with Crippen LogP contribution in [0.1, 0.15) is 43.2 Å². The van der Waals surface area contributed by atoms with Crippen molar-refractivity contribution >= 4 is 11.0 Å². The molecule has 3 aromatic rings. The molecule has 0 amide bonds. The van der Waals surface area contributed by atoms with E-state index in [9.17, 15) is 4.39 Å². The van der Waals surface area contributed by atoms with Crippen LogP contribution in [0.4, 0.5) is 4.39 Å². The Morgan fingerprint density at radius 3 is 2.88 bits per heavy atom. The molecule has 2 aromatic heterocycles. The Balaban J connectivity index is 1.42. The average Bonchev–Trinajstić information content (AvgIpc) is 3.27. The third-order valence-electron chi connectivity index (χ3n) is 5.29. The lowest BCUT2D eigenvalue weighted by Gasteiger charge is -2.27. The minimum absolute atomic E-state index is 0.251. The van der Waals surface area contributed by atoms with Crippen molar-refractivity contribution in [2.45, 2.75) is 51.9 Å². The maximum absolute atomic E-state index is 14.1. The Bertz CT molecular complexity index is 939. The molecule has 0 unspecified atom stereocenters. The number of benzene rings is 1. The van der Waals surface area contributed by atoms with E-state index in [1.807, 2.05) is 6.07 Å². The number of aryl methyl sites for hydroxylation is 1. The number of imidazole rings is 1. The number of aromatic nitrogens is 5. The van der Waals surface area contributed by atoms with E-state index in [2.05, 4.69) is 36.1 Å². The van der Waals surface area contributed by atoms with Crippen molar-refractivity contribution in [1.82, 2.24) is 29.2 Å². The predicted octanol–water partition coefficient (Wildman–Crippen LogP) is 2.68. The van der Waals surface area contributed by atoms with Crippen molar-refractivity contribution in [3.05, 3.63) is 41.5 Å². The number of fused-ring (bicyclic) bond motifs is 2. The fourth-order valence-corrected chi connectivity index (χ4v) is 3.84. The molecule has 0 bridgehead atoms. The maximum atomic E-state index is 14.1. The zero-order chi connectivity index (χ0) is 17.0. The Morgan fingerprint density at radius 1 is 1.20 bits per heavy atom. The van der Waals surface area contributed by atoms with E-state index in [-0.39, 0.29) is 5.82 Å². The molecule has 0 N–H and O–H groups in total. The maximum Gasteiger partial charge on any atom is 0.151 e. The summed E-state index contributed by atoms with van der Waals surface area (Å²) in [6.45, 7) is 6.20. The predicted molar refractivity (Wildman–Crippen MR) is 91.5 cm³/mol. The van der Waals surface area contributed by atoms with E-state index in [1.54, 1.807) is 6.07 Å². The molecular formula is C18H21FN6. The van der Waals surface area contributed by atoms with Crippen molar-refractivity contribution in [3.8, 4) is 0 Å². The van der Waals surface area contributed by atoms with Crippen LogP contribution in [0.3, 0.4) is 0 Å². The molecular weight excluding hydrogens is 319 g/mol. The van der Waals surface area contributed by atoms with Gasteiger partial charge in [0.25, 0.3) is 0 Å². The molecule has 1 aliphatic carbocycles. The fraction of sp³-hybridized carbons (Fsp3) is 0.500. The first-order valence-electron chi connectivity index (χ1n) is 9.02.